The standard InChI is InChI=1S/C35H47N5O10S/c1-34(2,3)50-33(44)37-27-13-16-48-15-6-7-22-19-35(22,32(43)39-51(5,45,46)25-9-10-25)38-29(41)28-18-24(20-40(28)31(27)42)49-30-26-11-8-23(47-4)17-21(26)12-14-36-30/h6-8,11-12,14,17,22,24-25,27-28H,9-10,13,15-16,18-20H2,1-5H3,(H,37,44)(H,38,41)(H2,39,43,45,46)/b7-6-/t22-,24-,27+,28+,35-/m1/s1. The Kier molecular flexibility index (Phi) is 9.57. The van der Waals surface area contributed by atoms with Crippen molar-refractivity contribution in [2.75, 3.05) is 33.1 Å². The molecule has 2 aliphatic carbocycles. The van der Waals surface area contributed by atoms with Crippen LogP contribution >= 0.6 is 0 Å². The van der Waals surface area contributed by atoms with Gasteiger partial charge in [-0.05, 0) is 69.7 Å². The minimum Gasteiger partial charge on any atom is -0.497 e. The van der Waals surface area contributed by atoms with E-state index in [4.69, 9.17) is 18.9 Å². The molecule has 15 nitrogen and oxygen atoms in total. The zero-order valence-corrected chi connectivity index (χ0v) is 30.3. The highest BCUT2D eigenvalue weighted by Gasteiger charge is 2.62. The van der Waals surface area contributed by atoms with Gasteiger partial charge in [-0.25, -0.2) is 9.78 Å². The maximum absolute atomic E-state index is 14.3. The molecular weight excluding hydrogens is 682 g/mol. The average Bonchev–Trinajstić information content (AvgIpc) is 3.97. The maximum atomic E-state index is 14.3. The minimum absolute atomic E-state index is 0.0368. The summed E-state index contributed by atoms with van der Waals surface area (Å²) < 4.78 is 49.7. The summed E-state index contributed by atoms with van der Waals surface area (Å²) in [5.41, 5.74) is -2.35. The predicted molar refractivity (Wildman–Crippen MR) is 187 cm³/mol. The third-order valence-electron chi connectivity index (χ3n) is 9.60. The van der Waals surface area contributed by atoms with E-state index in [1.807, 2.05) is 18.2 Å². The summed E-state index contributed by atoms with van der Waals surface area (Å²) in [6.07, 6.45) is 6.00. The lowest BCUT2D eigenvalue weighted by molar-refractivity contribution is -0.141. The summed E-state index contributed by atoms with van der Waals surface area (Å²) in [5.74, 6) is -1.50. The quantitative estimate of drug-likeness (QED) is 0.306. The summed E-state index contributed by atoms with van der Waals surface area (Å²) in [7, 11) is -2.94. The van der Waals surface area contributed by atoms with Crippen LogP contribution in [0.2, 0.25) is 0 Å². The van der Waals surface area contributed by atoms with Gasteiger partial charge in [0.1, 0.15) is 35.1 Å². The number of aromatic nitrogens is 1. The van der Waals surface area contributed by atoms with E-state index in [0.29, 0.717) is 29.9 Å². The predicted octanol–water partition coefficient (Wildman–Crippen LogP) is 2.45. The highest BCUT2D eigenvalue weighted by atomic mass is 32.3. The number of hydrogen-bond donors (Lipinski definition) is 4. The van der Waals surface area contributed by atoms with E-state index in [-0.39, 0.29) is 39.0 Å². The number of ether oxygens (including phenoxy) is 4. The van der Waals surface area contributed by atoms with Crippen molar-refractivity contribution < 1.29 is 46.9 Å². The van der Waals surface area contributed by atoms with Gasteiger partial charge >= 0.3 is 6.09 Å². The molecule has 1 aromatic carbocycles. The number of nitrogens with zero attached hydrogens (tertiary/aromatic N) is 2. The van der Waals surface area contributed by atoms with Crippen molar-refractivity contribution in [3.8, 4) is 11.6 Å². The molecule has 2 saturated carbocycles. The number of hydrogen-bond acceptors (Lipinski definition) is 10. The Morgan fingerprint density at radius 3 is 2.65 bits per heavy atom. The van der Waals surface area contributed by atoms with Crippen molar-refractivity contribution in [3.63, 3.8) is 0 Å². The molecule has 5 atom stereocenters. The van der Waals surface area contributed by atoms with Crippen LogP contribution in [0, 0.1) is 5.92 Å². The molecule has 6 rings (SSSR count). The van der Waals surface area contributed by atoms with Crippen LogP contribution in [0.25, 0.3) is 10.8 Å². The molecule has 4 N–H and O–H groups in total. The van der Waals surface area contributed by atoms with Crippen LogP contribution in [-0.4, -0.2) is 110 Å². The summed E-state index contributed by atoms with van der Waals surface area (Å²) in [4.78, 5) is 61.0. The normalized spacial score (nSPS) is 28.5. The molecule has 0 radical (unpaired) electrons. The van der Waals surface area contributed by atoms with Gasteiger partial charge in [0.2, 0.25) is 17.7 Å². The smallest absolute Gasteiger partial charge is 0.408 e. The molecule has 0 unspecified atom stereocenters. The number of pyridine rings is 1. The van der Waals surface area contributed by atoms with Gasteiger partial charge in [0.25, 0.3) is 5.91 Å². The average molecular weight is 730 g/mol. The van der Waals surface area contributed by atoms with Crippen LogP contribution in [0.5, 0.6) is 11.6 Å². The first kappa shape index (κ1) is 36.5. The van der Waals surface area contributed by atoms with Gasteiger partial charge in [-0.3, -0.25) is 23.7 Å². The lowest BCUT2D eigenvalue weighted by atomic mass is 10.1. The first-order valence-corrected chi connectivity index (χ1v) is 19.5. The van der Waals surface area contributed by atoms with Crippen molar-refractivity contribution >= 4 is 44.1 Å². The van der Waals surface area contributed by atoms with E-state index >= 15 is 0 Å². The van der Waals surface area contributed by atoms with Crippen molar-refractivity contribution in [1.82, 2.24) is 25.2 Å². The Morgan fingerprint density at radius 1 is 1.18 bits per heavy atom. The van der Waals surface area contributed by atoms with Gasteiger partial charge in [0.05, 0.1) is 25.5 Å². The molecule has 1 saturated heterocycles. The first-order chi connectivity index (χ1) is 24.0. The van der Waals surface area contributed by atoms with Crippen LogP contribution in [0.15, 0.2) is 42.6 Å². The second-order valence-corrected chi connectivity index (χ2v) is 18.5. The lowest BCUT2D eigenvalue weighted by Gasteiger charge is -2.41. The molecule has 0 spiro atoms. The van der Waals surface area contributed by atoms with E-state index in [9.17, 15) is 27.9 Å². The minimum atomic E-state index is -4.51. The van der Waals surface area contributed by atoms with Gasteiger partial charge in [0, 0.05) is 43.2 Å². The lowest BCUT2D eigenvalue weighted by Crippen LogP contribution is -2.62. The molecule has 2 aliphatic heterocycles. The Bertz CT molecular complexity index is 1820. The van der Waals surface area contributed by atoms with E-state index in [1.165, 1.54) is 4.90 Å². The summed E-state index contributed by atoms with van der Waals surface area (Å²) >= 11 is 0. The van der Waals surface area contributed by atoms with Crippen molar-refractivity contribution in [3.05, 3.63) is 42.6 Å². The summed E-state index contributed by atoms with van der Waals surface area (Å²) in [6, 6.07) is 5.00. The van der Waals surface area contributed by atoms with Gasteiger partial charge in [-0.15, -0.1) is 9.53 Å². The van der Waals surface area contributed by atoms with Gasteiger partial charge in [-0.2, -0.15) is 4.21 Å². The Hall–Kier alpha value is -4.28. The largest absolute Gasteiger partial charge is 0.497 e. The molecule has 1 aromatic heterocycles. The number of alkyl carbamates (subject to hydrolysis) is 1. The Balaban J connectivity index is 1.31. The number of fused-ring (bicyclic) bond motifs is 3. The summed E-state index contributed by atoms with van der Waals surface area (Å²) in [5, 5.41) is 6.46. The van der Waals surface area contributed by atoms with Crippen LogP contribution in [0.4, 0.5) is 4.79 Å². The molecule has 0 bridgehead atoms. The molecular formula is C35H47N5O10S. The molecule has 4 amide bonds. The van der Waals surface area contributed by atoms with Crippen LogP contribution in [-0.2, 0) is 33.4 Å². The Morgan fingerprint density at radius 2 is 1.94 bits per heavy atom. The SMILES string of the molecule is COc1ccc2c(O[C@@H]3C[C@H]4C(=O)N[C@]5(C(=O)NS(C)(=O)(O)C6CC6)C[C@H]5/C=C\COCC[C@H](NC(=O)OC(C)(C)C)C(=O)N4C3)nccc2c1. The van der Waals surface area contributed by atoms with E-state index in [1.54, 1.807) is 52.3 Å². The second kappa shape index (κ2) is 13.4. The van der Waals surface area contributed by atoms with Gasteiger partial charge in [-0.1, -0.05) is 12.2 Å². The second-order valence-electron chi connectivity index (χ2n) is 14.9. The fourth-order valence-electron chi connectivity index (χ4n) is 6.67. The van der Waals surface area contributed by atoms with E-state index in [0.717, 1.165) is 11.6 Å². The molecule has 4 aliphatic rings. The number of amides is 4. The molecule has 2 aromatic rings. The molecule has 278 valence electrons. The molecule has 3 heterocycles. The van der Waals surface area contributed by atoms with Crippen LogP contribution in [0.1, 0.15) is 52.9 Å². The fraction of sp³-hybridized carbons (Fsp3) is 0.571. The monoisotopic (exact) mass is 729 g/mol. The fourth-order valence-corrected chi connectivity index (χ4v) is 8.72. The summed E-state index contributed by atoms with van der Waals surface area (Å²) in [6.45, 7) is 5.30. The number of nitrogens with one attached hydrogen (secondary N) is 3. The van der Waals surface area contributed by atoms with Crippen molar-refractivity contribution in [2.24, 2.45) is 5.92 Å². The molecule has 3 fully saturated rings. The molecule has 51 heavy (non-hydrogen) atoms. The first-order valence-electron chi connectivity index (χ1n) is 17.1. The number of benzene rings is 1. The maximum Gasteiger partial charge on any atom is 0.408 e. The number of carbonyl (C=O) groups is 4. The highest BCUT2D eigenvalue weighted by molar-refractivity contribution is 8.14. The zero-order valence-electron chi connectivity index (χ0n) is 29.5. The Labute approximate surface area is 296 Å². The third kappa shape index (κ3) is 8.12. The topological polar surface area (TPSA) is 195 Å². The van der Waals surface area contributed by atoms with E-state index in [2.05, 4.69) is 20.3 Å². The number of rotatable bonds is 7. The van der Waals surface area contributed by atoms with Gasteiger partial charge < -0.3 is 34.5 Å². The highest BCUT2D eigenvalue weighted by Crippen LogP contribution is 2.47. The number of methoxy groups -OCH3 is 1. The third-order valence-corrected chi connectivity index (χ3v) is 12.3. The van der Waals surface area contributed by atoms with Crippen LogP contribution in [0.3, 0.4) is 0 Å². The van der Waals surface area contributed by atoms with Crippen molar-refractivity contribution in [1.29, 1.82) is 0 Å². The number of carbonyl (C=O) groups excluding carboxylic acids is 4. The van der Waals surface area contributed by atoms with Gasteiger partial charge in [0.15, 0.2) is 0 Å². The molecule has 16 heteroatoms. The van der Waals surface area contributed by atoms with Crippen LogP contribution < -0.4 is 24.8 Å². The zero-order chi connectivity index (χ0) is 36.8. The van der Waals surface area contributed by atoms with E-state index < -0.39 is 73.8 Å². The van der Waals surface area contributed by atoms with Crippen molar-refractivity contribution in [2.45, 2.75) is 87.5 Å².